The number of Topliss-reactive ketones (excluding diaryl/α,β-unsaturated/α-hetero) is 1. The average Bonchev–Trinajstić information content (AvgIpc) is 2.74. The molecule has 0 saturated heterocycles. The molecular formula is C21H32O2. The first-order chi connectivity index (χ1) is 10.7. The molecule has 128 valence electrons. The first kappa shape index (κ1) is 15.9. The van der Waals surface area contributed by atoms with Crippen molar-refractivity contribution in [3.8, 4) is 0 Å². The lowest BCUT2D eigenvalue weighted by Crippen LogP contribution is -2.54. The summed E-state index contributed by atoms with van der Waals surface area (Å²) in [5.41, 5.74) is 2.44. The SMILES string of the molecule is CC1=C2CC[C@@H]3[C@@H](CC[C@@]4(C)[C@H]3CCC4(C)O)[C@@]2(C)CCC1=O. The molecule has 0 radical (unpaired) electrons. The monoisotopic (exact) mass is 316 g/mol. The summed E-state index contributed by atoms with van der Waals surface area (Å²) >= 11 is 0. The Balaban J connectivity index is 1.72. The molecule has 1 unspecified atom stereocenters. The summed E-state index contributed by atoms with van der Waals surface area (Å²) < 4.78 is 0. The summed E-state index contributed by atoms with van der Waals surface area (Å²) in [5, 5.41) is 11.0. The fraction of sp³-hybridized carbons (Fsp3) is 0.857. The van der Waals surface area contributed by atoms with Crippen molar-refractivity contribution < 1.29 is 9.90 Å². The van der Waals surface area contributed by atoms with Crippen molar-refractivity contribution in [1.29, 1.82) is 0 Å². The molecule has 4 aliphatic rings. The fourth-order valence-electron chi connectivity index (χ4n) is 7.23. The molecule has 0 aromatic rings. The number of hydrogen-bond acceptors (Lipinski definition) is 2. The molecule has 1 N–H and O–H groups in total. The van der Waals surface area contributed by atoms with Gasteiger partial charge in [0.2, 0.25) is 0 Å². The van der Waals surface area contributed by atoms with Crippen molar-refractivity contribution in [2.75, 3.05) is 0 Å². The van der Waals surface area contributed by atoms with Crippen molar-refractivity contribution in [3.63, 3.8) is 0 Å². The summed E-state index contributed by atoms with van der Waals surface area (Å²) in [6, 6.07) is 0. The Bertz CT molecular complexity index is 587. The van der Waals surface area contributed by atoms with Crippen LogP contribution in [-0.2, 0) is 4.79 Å². The lowest BCUT2D eigenvalue weighted by molar-refractivity contribution is -0.125. The Hall–Kier alpha value is -0.630. The van der Waals surface area contributed by atoms with Gasteiger partial charge in [0.15, 0.2) is 5.78 Å². The third-order valence-electron chi connectivity index (χ3n) is 8.98. The summed E-state index contributed by atoms with van der Waals surface area (Å²) in [5.74, 6) is 2.53. The molecule has 0 bridgehead atoms. The van der Waals surface area contributed by atoms with Crippen LogP contribution in [0.2, 0.25) is 0 Å². The van der Waals surface area contributed by atoms with E-state index < -0.39 is 5.60 Å². The zero-order valence-electron chi connectivity index (χ0n) is 15.2. The van der Waals surface area contributed by atoms with E-state index in [4.69, 9.17) is 0 Å². The summed E-state index contributed by atoms with van der Waals surface area (Å²) in [6.45, 7) is 8.95. The van der Waals surface area contributed by atoms with Gasteiger partial charge in [0, 0.05) is 6.42 Å². The predicted octanol–water partition coefficient (Wildman–Crippen LogP) is 4.66. The second kappa shape index (κ2) is 4.71. The summed E-state index contributed by atoms with van der Waals surface area (Å²) in [6.07, 6.45) is 8.69. The average molecular weight is 316 g/mol. The van der Waals surface area contributed by atoms with Crippen LogP contribution in [0.15, 0.2) is 11.1 Å². The first-order valence-electron chi connectivity index (χ1n) is 9.66. The highest BCUT2D eigenvalue weighted by Gasteiger charge is 2.62. The maximum Gasteiger partial charge on any atom is 0.158 e. The molecule has 3 fully saturated rings. The van der Waals surface area contributed by atoms with Crippen LogP contribution in [0.3, 0.4) is 0 Å². The van der Waals surface area contributed by atoms with E-state index in [0.717, 1.165) is 49.5 Å². The highest BCUT2D eigenvalue weighted by atomic mass is 16.3. The second-order valence-corrected chi connectivity index (χ2v) is 9.63. The van der Waals surface area contributed by atoms with Gasteiger partial charge in [-0.05, 0) is 93.0 Å². The lowest BCUT2D eigenvalue weighted by Gasteiger charge is -2.59. The highest BCUT2D eigenvalue weighted by Crippen LogP contribution is 2.67. The highest BCUT2D eigenvalue weighted by molar-refractivity contribution is 5.96. The van der Waals surface area contributed by atoms with Crippen molar-refractivity contribution in [2.24, 2.45) is 28.6 Å². The maximum atomic E-state index is 12.2. The summed E-state index contributed by atoms with van der Waals surface area (Å²) in [4.78, 5) is 12.2. The molecule has 2 heteroatoms. The number of aliphatic hydroxyl groups is 1. The molecule has 23 heavy (non-hydrogen) atoms. The summed E-state index contributed by atoms with van der Waals surface area (Å²) in [7, 11) is 0. The van der Waals surface area contributed by atoms with Crippen LogP contribution >= 0.6 is 0 Å². The van der Waals surface area contributed by atoms with Crippen LogP contribution < -0.4 is 0 Å². The largest absolute Gasteiger partial charge is 0.390 e. The van der Waals surface area contributed by atoms with Gasteiger partial charge in [-0.2, -0.15) is 0 Å². The van der Waals surface area contributed by atoms with Crippen LogP contribution in [-0.4, -0.2) is 16.5 Å². The van der Waals surface area contributed by atoms with E-state index in [9.17, 15) is 9.90 Å². The molecule has 4 rings (SSSR count). The lowest BCUT2D eigenvalue weighted by atomic mass is 9.46. The Morgan fingerprint density at radius 2 is 1.65 bits per heavy atom. The molecule has 4 aliphatic carbocycles. The predicted molar refractivity (Wildman–Crippen MR) is 92.0 cm³/mol. The van der Waals surface area contributed by atoms with Crippen LogP contribution in [0.4, 0.5) is 0 Å². The van der Waals surface area contributed by atoms with Gasteiger partial charge in [-0.15, -0.1) is 0 Å². The van der Waals surface area contributed by atoms with Gasteiger partial charge in [0.1, 0.15) is 0 Å². The molecule has 0 aromatic heterocycles. The molecule has 6 atom stereocenters. The Kier molecular flexibility index (Phi) is 3.25. The molecule has 2 nitrogen and oxygen atoms in total. The van der Waals surface area contributed by atoms with Crippen LogP contribution in [0, 0.1) is 28.6 Å². The van der Waals surface area contributed by atoms with Gasteiger partial charge in [-0.3, -0.25) is 4.79 Å². The van der Waals surface area contributed by atoms with Crippen molar-refractivity contribution in [3.05, 3.63) is 11.1 Å². The van der Waals surface area contributed by atoms with Crippen molar-refractivity contribution >= 4 is 5.78 Å². The van der Waals surface area contributed by atoms with E-state index in [-0.39, 0.29) is 10.8 Å². The van der Waals surface area contributed by atoms with Gasteiger partial charge in [0.05, 0.1) is 5.60 Å². The standard InChI is InChI=1S/C21H32O2/c1-13-15-6-5-14-16(19(15,2)10-9-18(13)22)7-11-20(3)17(14)8-12-21(20,4)23/h14,16-17,23H,5-12H2,1-4H3/t14-,16-,17+,19+,20+,21?/m1/s1. The number of allylic oxidation sites excluding steroid dienone is 1. The second-order valence-electron chi connectivity index (χ2n) is 9.63. The van der Waals surface area contributed by atoms with Gasteiger partial charge in [-0.1, -0.05) is 19.4 Å². The molecule has 0 spiro atoms. The van der Waals surface area contributed by atoms with Gasteiger partial charge in [-0.25, -0.2) is 0 Å². The van der Waals surface area contributed by atoms with Gasteiger partial charge >= 0.3 is 0 Å². The first-order valence-corrected chi connectivity index (χ1v) is 9.66. The molecule has 0 aromatic carbocycles. The fourth-order valence-corrected chi connectivity index (χ4v) is 7.23. The van der Waals surface area contributed by atoms with E-state index in [0.29, 0.717) is 11.7 Å². The van der Waals surface area contributed by atoms with Gasteiger partial charge in [0.25, 0.3) is 0 Å². The van der Waals surface area contributed by atoms with Crippen LogP contribution in [0.25, 0.3) is 0 Å². The Morgan fingerprint density at radius 1 is 0.957 bits per heavy atom. The van der Waals surface area contributed by atoms with E-state index >= 15 is 0 Å². The molecule has 0 heterocycles. The third kappa shape index (κ3) is 1.88. The van der Waals surface area contributed by atoms with E-state index in [1.807, 2.05) is 0 Å². The number of fused-ring (bicyclic) bond motifs is 5. The Labute approximate surface area is 140 Å². The van der Waals surface area contributed by atoms with Crippen LogP contribution in [0.5, 0.6) is 0 Å². The normalized spacial score (nSPS) is 52.9. The zero-order valence-corrected chi connectivity index (χ0v) is 15.2. The molecule has 3 saturated carbocycles. The zero-order chi connectivity index (χ0) is 16.6. The maximum absolute atomic E-state index is 12.2. The third-order valence-corrected chi connectivity index (χ3v) is 8.98. The number of carbonyl (C=O) groups excluding carboxylic acids is 1. The minimum absolute atomic E-state index is 0.102. The van der Waals surface area contributed by atoms with Gasteiger partial charge < -0.3 is 5.11 Å². The van der Waals surface area contributed by atoms with Crippen LogP contribution in [0.1, 0.15) is 79.1 Å². The molecule has 0 amide bonds. The number of hydrogen-bond donors (Lipinski definition) is 1. The number of ketones is 1. The topological polar surface area (TPSA) is 37.3 Å². The Morgan fingerprint density at radius 3 is 2.39 bits per heavy atom. The van der Waals surface area contributed by atoms with E-state index in [1.54, 1.807) is 0 Å². The smallest absolute Gasteiger partial charge is 0.158 e. The number of rotatable bonds is 0. The minimum atomic E-state index is -0.488. The molecule has 0 aliphatic heterocycles. The molecular weight excluding hydrogens is 284 g/mol. The number of carbonyl (C=O) groups is 1. The van der Waals surface area contributed by atoms with E-state index in [2.05, 4.69) is 27.7 Å². The van der Waals surface area contributed by atoms with Crippen molar-refractivity contribution in [1.82, 2.24) is 0 Å². The quantitative estimate of drug-likeness (QED) is 0.706. The van der Waals surface area contributed by atoms with E-state index in [1.165, 1.54) is 24.8 Å². The minimum Gasteiger partial charge on any atom is -0.390 e. The van der Waals surface area contributed by atoms with Crippen molar-refractivity contribution in [2.45, 2.75) is 84.7 Å².